The van der Waals surface area contributed by atoms with Crippen LogP contribution in [0.15, 0.2) is 48.5 Å². The summed E-state index contributed by atoms with van der Waals surface area (Å²) in [4.78, 5) is 0. The molecule has 3 heteroatoms. The fourth-order valence-corrected chi connectivity index (χ4v) is 1.46. The normalized spacial score (nSPS) is 9.88. The predicted octanol–water partition coefficient (Wildman–Crippen LogP) is 3.07. The molecule has 0 saturated heterocycles. The van der Waals surface area contributed by atoms with Crippen molar-refractivity contribution in [1.82, 2.24) is 0 Å². The Morgan fingerprint density at radius 3 is 2.25 bits per heavy atom. The second-order valence-corrected chi connectivity index (χ2v) is 3.51. The van der Waals surface area contributed by atoms with Gasteiger partial charge in [-0.15, -0.1) is 0 Å². The van der Waals surface area contributed by atoms with Gasteiger partial charge in [-0.05, 0) is 30.7 Å². The molecule has 0 unspecified atom stereocenters. The van der Waals surface area contributed by atoms with Crippen LogP contribution in [0.4, 0.5) is 5.69 Å². The lowest BCUT2D eigenvalue weighted by Gasteiger charge is -2.11. The third-order valence-corrected chi connectivity index (χ3v) is 2.36. The monoisotopic (exact) mass is 214 g/mol. The molecule has 0 aliphatic rings. The fraction of sp³-hybridized carbons (Fsp3) is 0.0769. The Morgan fingerprint density at radius 1 is 0.938 bits per heavy atom. The summed E-state index contributed by atoms with van der Waals surface area (Å²) < 4.78 is 5.79. The molecule has 0 aliphatic heterocycles. The third-order valence-electron chi connectivity index (χ3n) is 2.36. The zero-order chi connectivity index (χ0) is 11.4. The lowest BCUT2D eigenvalue weighted by Crippen LogP contribution is -2.07. The van der Waals surface area contributed by atoms with Crippen LogP contribution >= 0.6 is 0 Å². The Balaban J connectivity index is 2.30. The molecule has 3 N–H and O–H groups in total. The topological polar surface area (TPSA) is 47.3 Å². The molecule has 3 nitrogen and oxygen atoms in total. The Kier molecular flexibility index (Phi) is 3.08. The molecule has 0 bridgehead atoms. The number of anilines is 1. The van der Waals surface area contributed by atoms with E-state index in [1.807, 2.05) is 55.5 Å². The van der Waals surface area contributed by atoms with Gasteiger partial charge in [0.15, 0.2) is 5.75 Å². The summed E-state index contributed by atoms with van der Waals surface area (Å²) in [5.74, 6) is 6.97. The van der Waals surface area contributed by atoms with Gasteiger partial charge in [0.25, 0.3) is 0 Å². The number of hydrogen-bond donors (Lipinski definition) is 2. The molecule has 82 valence electrons. The average molecular weight is 214 g/mol. The van der Waals surface area contributed by atoms with Gasteiger partial charge in [0, 0.05) is 0 Å². The molecule has 16 heavy (non-hydrogen) atoms. The van der Waals surface area contributed by atoms with Crippen LogP contribution in [0.5, 0.6) is 11.5 Å². The number of rotatable bonds is 3. The largest absolute Gasteiger partial charge is 0.455 e. The van der Waals surface area contributed by atoms with Crippen LogP contribution < -0.4 is 16.0 Å². The van der Waals surface area contributed by atoms with Gasteiger partial charge < -0.3 is 10.2 Å². The third kappa shape index (κ3) is 2.15. The Bertz CT molecular complexity index is 483. The van der Waals surface area contributed by atoms with Crippen LogP contribution in [-0.2, 0) is 0 Å². The Morgan fingerprint density at radius 2 is 1.56 bits per heavy atom. The second-order valence-electron chi connectivity index (χ2n) is 3.51. The molecule has 2 aromatic carbocycles. The van der Waals surface area contributed by atoms with E-state index in [0.717, 1.165) is 22.7 Å². The van der Waals surface area contributed by atoms with Gasteiger partial charge in [0.05, 0.1) is 5.69 Å². The number of aryl methyl sites for hydroxylation is 1. The maximum atomic E-state index is 5.79. The second kappa shape index (κ2) is 4.68. The molecule has 0 heterocycles. The minimum atomic E-state index is 0.722. The first kappa shape index (κ1) is 10.5. The number of nitrogens with two attached hydrogens (primary N) is 1. The maximum absolute atomic E-state index is 5.79. The average Bonchev–Trinajstić information content (AvgIpc) is 2.33. The van der Waals surface area contributed by atoms with Crippen LogP contribution in [0.25, 0.3) is 0 Å². The molecule has 2 rings (SSSR count). The molecule has 0 radical (unpaired) electrons. The van der Waals surface area contributed by atoms with E-state index in [0.29, 0.717) is 0 Å². The molecule has 0 aliphatic carbocycles. The van der Waals surface area contributed by atoms with Gasteiger partial charge in [-0.2, -0.15) is 0 Å². The van der Waals surface area contributed by atoms with Gasteiger partial charge in [0.1, 0.15) is 5.75 Å². The van der Waals surface area contributed by atoms with Crippen LogP contribution in [-0.4, -0.2) is 0 Å². The smallest absolute Gasteiger partial charge is 0.151 e. The zero-order valence-corrected chi connectivity index (χ0v) is 9.10. The highest BCUT2D eigenvalue weighted by atomic mass is 16.5. The van der Waals surface area contributed by atoms with Crippen LogP contribution in [0.2, 0.25) is 0 Å². The summed E-state index contributed by atoms with van der Waals surface area (Å²) in [5, 5.41) is 0. The molecular weight excluding hydrogens is 200 g/mol. The summed E-state index contributed by atoms with van der Waals surface area (Å²) in [7, 11) is 0. The summed E-state index contributed by atoms with van der Waals surface area (Å²) >= 11 is 0. The van der Waals surface area contributed by atoms with E-state index in [2.05, 4.69) is 5.43 Å². The molecule has 0 aromatic heterocycles. The van der Waals surface area contributed by atoms with E-state index in [4.69, 9.17) is 10.6 Å². The van der Waals surface area contributed by atoms with Gasteiger partial charge in [-0.25, -0.2) is 0 Å². The standard InChI is InChI=1S/C13H14N2O/c1-10-6-2-4-8-12(10)16-13-9-5-3-7-11(13)15-14/h2-9,15H,14H2,1H3. The number of nitrogen functional groups attached to an aromatic ring is 1. The summed E-state index contributed by atoms with van der Waals surface area (Å²) in [6.45, 7) is 2.01. The summed E-state index contributed by atoms with van der Waals surface area (Å²) in [6, 6.07) is 15.4. The van der Waals surface area contributed by atoms with E-state index in [-0.39, 0.29) is 0 Å². The van der Waals surface area contributed by atoms with Crippen molar-refractivity contribution in [3.63, 3.8) is 0 Å². The van der Waals surface area contributed by atoms with E-state index >= 15 is 0 Å². The number of nitrogens with one attached hydrogen (secondary N) is 1. The Labute approximate surface area is 94.8 Å². The molecule has 0 fully saturated rings. The highest BCUT2D eigenvalue weighted by molar-refractivity contribution is 5.56. The van der Waals surface area contributed by atoms with Gasteiger partial charge >= 0.3 is 0 Å². The molecule has 0 atom stereocenters. The fourth-order valence-electron chi connectivity index (χ4n) is 1.46. The van der Waals surface area contributed by atoms with E-state index in [1.165, 1.54) is 0 Å². The first-order chi connectivity index (χ1) is 7.81. The number of hydrogen-bond acceptors (Lipinski definition) is 3. The number of para-hydroxylation sites is 3. The van der Waals surface area contributed by atoms with Crippen LogP contribution in [0.1, 0.15) is 5.56 Å². The van der Waals surface area contributed by atoms with Crippen molar-refractivity contribution in [2.45, 2.75) is 6.92 Å². The number of benzene rings is 2. The number of hydrazine groups is 1. The maximum Gasteiger partial charge on any atom is 0.151 e. The van der Waals surface area contributed by atoms with Crippen molar-refractivity contribution in [3.05, 3.63) is 54.1 Å². The van der Waals surface area contributed by atoms with Crippen LogP contribution in [0, 0.1) is 6.92 Å². The highest BCUT2D eigenvalue weighted by Gasteiger charge is 2.04. The van der Waals surface area contributed by atoms with E-state index < -0.39 is 0 Å². The minimum Gasteiger partial charge on any atom is -0.455 e. The van der Waals surface area contributed by atoms with Gasteiger partial charge in [-0.1, -0.05) is 30.3 Å². The van der Waals surface area contributed by atoms with E-state index in [9.17, 15) is 0 Å². The summed E-state index contributed by atoms with van der Waals surface area (Å²) in [6.07, 6.45) is 0. The molecule has 2 aromatic rings. The van der Waals surface area contributed by atoms with Gasteiger partial charge in [0.2, 0.25) is 0 Å². The quantitative estimate of drug-likeness (QED) is 0.609. The van der Waals surface area contributed by atoms with Gasteiger partial charge in [-0.3, -0.25) is 5.84 Å². The highest BCUT2D eigenvalue weighted by Crippen LogP contribution is 2.30. The van der Waals surface area contributed by atoms with E-state index in [1.54, 1.807) is 0 Å². The SMILES string of the molecule is Cc1ccccc1Oc1ccccc1NN. The summed E-state index contributed by atoms with van der Waals surface area (Å²) in [5.41, 5.74) is 4.47. The molecule has 0 amide bonds. The van der Waals surface area contributed by atoms with Crippen LogP contribution in [0.3, 0.4) is 0 Å². The van der Waals surface area contributed by atoms with Crippen molar-refractivity contribution in [2.24, 2.45) is 5.84 Å². The first-order valence-electron chi connectivity index (χ1n) is 5.10. The molecule has 0 spiro atoms. The van der Waals surface area contributed by atoms with Crippen molar-refractivity contribution in [2.75, 3.05) is 5.43 Å². The van der Waals surface area contributed by atoms with Crippen molar-refractivity contribution < 1.29 is 4.74 Å². The Hall–Kier alpha value is -2.00. The molecule has 0 saturated carbocycles. The van der Waals surface area contributed by atoms with Crippen molar-refractivity contribution in [3.8, 4) is 11.5 Å². The zero-order valence-electron chi connectivity index (χ0n) is 9.10. The predicted molar refractivity (Wildman–Crippen MR) is 65.5 cm³/mol. The number of ether oxygens (including phenoxy) is 1. The first-order valence-corrected chi connectivity index (χ1v) is 5.10. The minimum absolute atomic E-state index is 0.722. The molecular formula is C13H14N2O. The van der Waals surface area contributed by atoms with Crippen molar-refractivity contribution in [1.29, 1.82) is 0 Å². The lowest BCUT2D eigenvalue weighted by atomic mass is 10.2. The van der Waals surface area contributed by atoms with Crippen molar-refractivity contribution >= 4 is 5.69 Å². The lowest BCUT2D eigenvalue weighted by molar-refractivity contribution is 0.480.